The maximum absolute atomic E-state index is 11.6. The zero-order valence-electron chi connectivity index (χ0n) is 13.8. The molecule has 0 atom stereocenters. The molecule has 0 radical (unpaired) electrons. The summed E-state index contributed by atoms with van der Waals surface area (Å²) in [6, 6.07) is 3.72. The summed E-state index contributed by atoms with van der Waals surface area (Å²) < 4.78 is 36.8. The maximum atomic E-state index is 11.6. The first-order valence-corrected chi connectivity index (χ1v) is 8.65. The molecule has 0 aliphatic carbocycles. The van der Waals surface area contributed by atoms with Gasteiger partial charge in [-0.1, -0.05) is 0 Å². The van der Waals surface area contributed by atoms with Gasteiger partial charge in [0.2, 0.25) is 0 Å². The molecule has 134 valence electrons. The summed E-state index contributed by atoms with van der Waals surface area (Å²) in [5, 5.41) is 11.0. The van der Waals surface area contributed by atoms with Crippen molar-refractivity contribution in [2.45, 2.75) is 33.0 Å². The van der Waals surface area contributed by atoms with Crippen molar-refractivity contribution in [2.24, 2.45) is 0 Å². The molecule has 0 bridgehead atoms. The number of hydrogen-bond donors (Lipinski definition) is 0. The minimum atomic E-state index is -3.66. The molecule has 0 spiro atoms. The quantitative estimate of drug-likeness (QED) is 0.312. The van der Waals surface area contributed by atoms with Crippen molar-refractivity contribution in [3.8, 4) is 5.75 Å². The maximum Gasteiger partial charge on any atom is 0.344 e. The topological polar surface area (TPSA) is 122 Å². The monoisotopic (exact) mass is 361 g/mol. The molecule has 1 aromatic rings. The summed E-state index contributed by atoms with van der Waals surface area (Å²) >= 11 is 0. The van der Waals surface area contributed by atoms with Crippen LogP contribution in [0.4, 0.5) is 5.69 Å². The molecule has 0 unspecified atom stereocenters. The summed E-state index contributed by atoms with van der Waals surface area (Å²) in [5.41, 5.74) is -0.732. The van der Waals surface area contributed by atoms with Crippen LogP contribution in [-0.2, 0) is 30.4 Å². The van der Waals surface area contributed by atoms with Crippen LogP contribution < -0.4 is 4.74 Å². The van der Waals surface area contributed by atoms with Crippen LogP contribution in [0.1, 0.15) is 26.3 Å². The number of carbonyl (C=O) groups is 1. The van der Waals surface area contributed by atoms with Gasteiger partial charge in [0.05, 0.1) is 17.8 Å². The number of hydrogen-bond acceptors (Lipinski definition) is 8. The van der Waals surface area contributed by atoms with Crippen molar-refractivity contribution in [1.29, 1.82) is 0 Å². The third-order valence-electron chi connectivity index (χ3n) is 2.43. The number of esters is 1. The number of carbonyl (C=O) groups excluding carboxylic acids is 1. The molecule has 1 rings (SSSR count). The van der Waals surface area contributed by atoms with Gasteiger partial charge in [-0.25, -0.2) is 4.79 Å². The van der Waals surface area contributed by atoms with E-state index in [2.05, 4.69) is 4.18 Å². The second-order valence-electron chi connectivity index (χ2n) is 5.90. The molecule has 0 aliphatic rings. The van der Waals surface area contributed by atoms with Gasteiger partial charge in [0, 0.05) is 6.07 Å². The summed E-state index contributed by atoms with van der Waals surface area (Å²) in [5.74, 6) is -0.866. The fourth-order valence-corrected chi connectivity index (χ4v) is 1.95. The predicted molar refractivity (Wildman–Crippen MR) is 84.1 cm³/mol. The molecule has 0 aromatic heterocycles. The number of nitro groups is 1. The molecule has 0 saturated heterocycles. The predicted octanol–water partition coefficient (Wildman–Crippen LogP) is 1.79. The van der Waals surface area contributed by atoms with Crippen molar-refractivity contribution in [2.75, 3.05) is 12.9 Å². The van der Waals surface area contributed by atoms with E-state index in [1.54, 1.807) is 20.8 Å². The first-order chi connectivity index (χ1) is 10.9. The molecule has 0 N–H and O–H groups in total. The van der Waals surface area contributed by atoms with Crippen molar-refractivity contribution < 1.29 is 31.8 Å². The fraction of sp³-hybridized carbons (Fsp3) is 0.500. The summed E-state index contributed by atoms with van der Waals surface area (Å²) in [6.45, 7) is 4.21. The number of nitrogens with zero attached hydrogens (tertiary/aromatic N) is 1. The molecule has 0 saturated carbocycles. The lowest BCUT2D eigenvalue weighted by Gasteiger charge is -2.19. The smallest absolute Gasteiger partial charge is 0.344 e. The van der Waals surface area contributed by atoms with E-state index in [0.29, 0.717) is 5.56 Å². The van der Waals surface area contributed by atoms with E-state index >= 15 is 0 Å². The Bertz CT molecular complexity index is 721. The van der Waals surface area contributed by atoms with E-state index in [1.807, 2.05) is 0 Å². The lowest BCUT2D eigenvalue weighted by Crippen LogP contribution is -2.27. The van der Waals surface area contributed by atoms with Gasteiger partial charge in [-0.3, -0.25) is 14.3 Å². The molecule has 0 heterocycles. The average molecular weight is 361 g/mol. The van der Waals surface area contributed by atoms with Crippen LogP contribution in [0.3, 0.4) is 0 Å². The third-order valence-corrected chi connectivity index (χ3v) is 2.97. The van der Waals surface area contributed by atoms with Gasteiger partial charge in [-0.2, -0.15) is 8.42 Å². The van der Waals surface area contributed by atoms with Crippen LogP contribution in [0.25, 0.3) is 0 Å². The molecule has 0 aliphatic heterocycles. The SMILES string of the molecule is CC(C)(C)OC(=O)COc1cc(COS(C)(=O)=O)ccc1[N+](=O)[O-]. The molecule has 10 heteroatoms. The highest BCUT2D eigenvalue weighted by Gasteiger charge is 2.20. The van der Waals surface area contributed by atoms with Crippen LogP contribution in [0.2, 0.25) is 0 Å². The largest absolute Gasteiger partial charge is 0.475 e. The molecule has 9 nitrogen and oxygen atoms in total. The Morgan fingerprint density at radius 3 is 2.42 bits per heavy atom. The first-order valence-electron chi connectivity index (χ1n) is 6.84. The van der Waals surface area contributed by atoms with Crippen molar-refractivity contribution in [3.05, 3.63) is 33.9 Å². The minimum absolute atomic E-state index is 0.180. The van der Waals surface area contributed by atoms with Crippen LogP contribution >= 0.6 is 0 Å². The second kappa shape index (κ2) is 7.58. The van der Waals surface area contributed by atoms with Gasteiger partial charge in [0.25, 0.3) is 10.1 Å². The first kappa shape index (κ1) is 19.8. The van der Waals surface area contributed by atoms with Crippen LogP contribution in [0.5, 0.6) is 5.75 Å². The number of ether oxygens (including phenoxy) is 2. The Morgan fingerprint density at radius 1 is 1.29 bits per heavy atom. The molecule has 0 fully saturated rings. The van der Waals surface area contributed by atoms with Gasteiger partial charge in [0.15, 0.2) is 12.4 Å². The van der Waals surface area contributed by atoms with Crippen molar-refractivity contribution >= 4 is 21.8 Å². The standard InChI is InChI=1S/C14H19NO8S/c1-14(2,3)23-13(16)9-21-12-7-10(8-22-24(4,19)20)5-6-11(12)15(17)18/h5-7H,8-9H2,1-4H3. The number of nitro benzene ring substituents is 1. The highest BCUT2D eigenvalue weighted by molar-refractivity contribution is 7.85. The molecule has 24 heavy (non-hydrogen) atoms. The van der Waals surface area contributed by atoms with Crippen molar-refractivity contribution in [3.63, 3.8) is 0 Å². The Kier molecular flexibility index (Phi) is 6.27. The number of rotatable bonds is 7. The molecular weight excluding hydrogens is 342 g/mol. The zero-order valence-corrected chi connectivity index (χ0v) is 14.6. The van der Waals surface area contributed by atoms with E-state index in [1.165, 1.54) is 12.1 Å². The zero-order chi connectivity index (χ0) is 18.5. The Hall–Kier alpha value is -2.20. The van der Waals surface area contributed by atoms with Gasteiger partial charge >= 0.3 is 11.7 Å². The summed E-state index contributed by atoms with van der Waals surface area (Å²) in [7, 11) is -3.66. The minimum Gasteiger partial charge on any atom is -0.475 e. The molecular formula is C14H19NO8S. The van der Waals surface area contributed by atoms with Gasteiger partial charge in [-0.15, -0.1) is 0 Å². The third kappa shape index (κ3) is 7.38. The van der Waals surface area contributed by atoms with Crippen LogP contribution in [0.15, 0.2) is 18.2 Å². The molecule has 0 amide bonds. The number of benzene rings is 1. The molecule has 1 aromatic carbocycles. The highest BCUT2D eigenvalue weighted by Crippen LogP contribution is 2.28. The summed E-state index contributed by atoms with van der Waals surface area (Å²) in [4.78, 5) is 22.0. The average Bonchev–Trinajstić information content (AvgIpc) is 2.40. The van der Waals surface area contributed by atoms with Crippen molar-refractivity contribution in [1.82, 2.24) is 0 Å². The fourth-order valence-electron chi connectivity index (χ4n) is 1.60. The van der Waals surface area contributed by atoms with Crippen LogP contribution in [0, 0.1) is 10.1 Å². The van der Waals surface area contributed by atoms with E-state index in [4.69, 9.17) is 9.47 Å². The van der Waals surface area contributed by atoms with Gasteiger partial charge in [0.1, 0.15) is 5.60 Å². The van der Waals surface area contributed by atoms with E-state index < -0.39 is 33.2 Å². The Labute approximate surface area is 139 Å². The van der Waals surface area contributed by atoms with Gasteiger partial charge in [-0.05, 0) is 38.5 Å². The summed E-state index contributed by atoms with van der Waals surface area (Å²) in [6.07, 6.45) is 0.887. The Morgan fingerprint density at radius 2 is 1.92 bits per heavy atom. The lowest BCUT2D eigenvalue weighted by atomic mass is 10.2. The Balaban J connectivity index is 2.89. The van der Waals surface area contributed by atoms with Gasteiger partial charge < -0.3 is 9.47 Å². The van der Waals surface area contributed by atoms with E-state index in [-0.39, 0.29) is 18.0 Å². The lowest BCUT2D eigenvalue weighted by molar-refractivity contribution is -0.385. The van der Waals surface area contributed by atoms with E-state index in [0.717, 1.165) is 12.3 Å². The normalized spacial score (nSPS) is 11.8. The van der Waals surface area contributed by atoms with E-state index in [9.17, 15) is 23.3 Å². The highest BCUT2D eigenvalue weighted by atomic mass is 32.2. The van der Waals surface area contributed by atoms with Crippen LogP contribution in [-0.4, -0.2) is 37.8 Å². The second-order valence-corrected chi connectivity index (χ2v) is 7.54.